The van der Waals surface area contributed by atoms with Crippen molar-refractivity contribution in [2.75, 3.05) is 12.4 Å². The number of carbonyl (C=O) groups excluding carboxylic acids is 2. The van der Waals surface area contributed by atoms with E-state index in [4.69, 9.17) is 21.1 Å². The van der Waals surface area contributed by atoms with Crippen LogP contribution in [-0.4, -0.2) is 25.1 Å². The Morgan fingerprint density at radius 3 is 2.35 bits per heavy atom. The molecule has 2 rings (SSSR count). The first kappa shape index (κ1) is 16.8. The van der Waals surface area contributed by atoms with Crippen molar-refractivity contribution in [3.05, 3.63) is 59.1 Å². The number of methoxy groups -OCH3 is 1. The zero-order valence-electron chi connectivity index (χ0n) is 12.7. The molecule has 1 unspecified atom stereocenters. The molecule has 0 fully saturated rings. The van der Waals surface area contributed by atoms with Crippen LogP contribution < -0.4 is 10.1 Å². The lowest BCUT2D eigenvalue weighted by Gasteiger charge is -2.14. The summed E-state index contributed by atoms with van der Waals surface area (Å²) in [6, 6.07) is 13.3. The standard InChI is InChI=1S/C17H16ClNO4/c1-11(23-17(21)14-5-3-4-6-15(14)18)16(20)19-12-7-9-13(22-2)10-8-12/h3-11H,1-2H3,(H,19,20). The molecule has 1 amide bonds. The van der Waals surface area contributed by atoms with Crippen molar-refractivity contribution in [2.24, 2.45) is 0 Å². The van der Waals surface area contributed by atoms with Crippen molar-refractivity contribution >= 4 is 29.2 Å². The molecular formula is C17H16ClNO4. The number of esters is 1. The molecule has 2 aromatic rings. The first-order valence-electron chi connectivity index (χ1n) is 6.91. The summed E-state index contributed by atoms with van der Waals surface area (Å²) in [4.78, 5) is 24.1. The van der Waals surface area contributed by atoms with E-state index in [1.807, 2.05) is 0 Å². The molecule has 120 valence electrons. The molecule has 2 aromatic carbocycles. The van der Waals surface area contributed by atoms with Crippen LogP contribution in [0.25, 0.3) is 0 Å². The van der Waals surface area contributed by atoms with Crippen LogP contribution in [0.2, 0.25) is 5.02 Å². The molecule has 6 heteroatoms. The van der Waals surface area contributed by atoms with Crippen molar-refractivity contribution in [3.63, 3.8) is 0 Å². The monoisotopic (exact) mass is 333 g/mol. The van der Waals surface area contributed by atoms with Gasteiger partial charge in [0, 0.05) is 5.69 Å². The highest BCUT2D eigenvalue weighted by molar-refractivity contribution is 6.33. The van der Waals surface area contributed by atoms with E-state index in [0.717, 1.165) is 0 Å². The van der Waals surface area contributed by atoms with Crippen LogP contribution in [0.4, 0.5) is 5.69 Å². The van der Waals surface area contributed by atoms with Gasteiger partial charge in [-0.2, -0.15) is 0 Å². The zero-order valence-corrected chi connectivity index (χ0v) is 13.5. The molecule has 23 heavy (non-hydrogen) atoms. The number of hydrogen-bond donors (Lipinski definition) is 1. The zero-order chi connectivity index (χ0) is 16.8. The van der Waals surface area contributed by atoms with Gasteiger partial charge < -0.3 is 14.8 Å². The summed E-state index contributed by atoms with van der Waals surface area (Å²) in [5, 5.41) is 2.94. The number of hydrogen-bond acceptors (Lipinski definition) is 4. The Morgan fingerprint density at radius 1 is 1.09 bits per heavy atom. The van der Waals surface area contributed by atoms with Gasteiger partial charge in [0.25, 0.3) is 5.91 Å². The average Bonchev–Trinajstić information content (AvgIpc) is 2.55. The fourth-order valence-electron chi connectivity index (χ4n) is 1.82. The van der Waals surface area contributed by atoms with Crippen LogP contribution in [0.3, 0.4) is 0 Å². The van der Waals surface area contributed by atoms with E-state index in [-0.39, 0.29) is 10.6 Å². The van der Waals surface area contributed by atoms with Gasteiger partial charge in [-0.3, -0.25) is 4.79 Å². The molecule has 0 bridgehead atoms. The molecular weight excluding hydrogens is 318 g/mol. The molecule has 0 saturated carbocycles. The smallest absolute Gasteiger partial charge is 0.340 e. The topological polar surface area (TPSA) is 64.6 Å². The Labute approximate surface area is 139 Å². The fraction of sp³-hybridized carbons (Fsp3) is 0.176. The third kappa shape index (κ3) is 4.47. The summed E-state index contributed by atoms with van der Waals surface area (Å²) in [5.74, 6) is -0.398. The summed E-state index contributed by atoms with van der Waals surface area (Å²) in [6.45, 7) is 1.49. The lowest BCUT2D eigenvalue weighted by Crippen LogP contribution is -2.30. The maximum atomic E-state index is 12.1. The minimum absolute atomic E-state index is 0.221. The van der Waals surface area contributed by atoms with Gasteiger partial charge in [0.15, 0.2) is 6.10 Å². The minimum Gasteiger partial charge on any atom is -0.497 e. The number of amides is 1. The third-order valence-electron chi connectivity index (χ3n) is 3.10. The Bertz CT molecular complexity index is 700. The highest BCUT2D eigenvalue weighted by atomic mass is 35.5. The van der Waals surface area contributed by atoms with Crippen molar-refractivity contribution in [1.29, 1.82) is 0 Å². The number of benzene rings is 2. The molecule has 0 aliphatic heterocycles. The van der Waals surface area contributed by atoms with Crippen LogP contribution in [-0.2, 0) is 9.53 Å². The van der Waals surface area contributed by atoms with Gasteiger partial charge in [-0.25, -0.2) is 4.79 Å². The molecule has 1 atom stereocenters. The molecule has 0 aliphatic rings. The fourth-order valence-corrected chi connectivity index (χ4v) is 2.04. The van der Waals surface area contributed by atoms with Crippen molar-refractivity contribution in [2.45, 2.75) is 13.0 Å². The molecule has 5 nitrogen and oxygen atoms in total. The first-order valence-corrected chi connectivity index (χ1v) is 7.29. The number of nitrogens with one attached hydrogen (secondary N) is 1. The lowest BCUT2D eigenvalue weighted by molar-refractivity contribution is -0.123. The van der Waals surface area contributed by atoms with E-state index in [1.54, 1.807) is 55.6 Å². The van der Waals surface area contributed by atoms with Crippen LogP contribution in [0.5, 0.6) is 5.75 Å². The third-order valence-corrected chi connectivity index (χ3v) is 3.43. The lowest BCUT2D eigenvalue weighted by atomic mass is 10.2. The van der Waals surface area contributed by atoms with Gasteiger partial charge in [-0.15, -0.1) is 0 Å². The molecule has 1 N–H and O–H groups in total. The van der Waals surface area contributed by atoms with E-state index in [0.29, 0.717) is 11.4 Å². The first-order chi connectivity index (χ1) is 11.0. The maximum Gasteiger partial charge on any atom is 0.340 e. The molecule has 0 saturated heterocycles. The van der Waals surface area contributed by atoms with E-state index in [9.17, 15) is 9.59 Å². The Morgan fingerprint density at radius 2 is 1.74 bits per heavy atom. The van der Waals surface area contributed by atoms with E-state index < -0.39 is 18.0 Å². The van der Waals surface area contributed by atoms with E-state index in [2.05, 4.69) is 5.32 Å². The van der Waals surface area contributed by atoms with Gasteiger partial charge in [0.2, 0.25) is 0 Å². The highest BCUT2D eigenvalue weighted by Crippen LogP contribution is 2.18. The van der Waals surface area contributed by atoms with Gasteiger partial charge >= 0.3 is 5.97 Å². The Balaban J connectivity index is 1.96. The quantitative estimate of drug-likeness (QED) is 0.850. The predicted octanol–water partition coefficient (Wildman–Crippen LogP) is 3.53. The minimum atomic E-state index is -0.958. The summed E-state index contributed by atoms with van der Waals surface area (Å²) in [6.07, 6.45) is -0.958. The number of rotatable bonds is 5. The molecule has 0 aromatic heterocycles. The van der Waals surface area contributed by atoms with Crippen molar-refractivity contribution in [3.8, 4) is 5.75 Å². The predicted molar refractivity (Wildman–Crippen MR) is 88.0 cm³/mol. The number of anilines is 1. The van der Waals surface area contributed by atoms with E-state index in [1.165, 1.54) is 6.92 Å². The molecule has 0 heterocycles. The second-order valence-electron chi connectivity index (χ2n) is 4.75. The molecule has 0 spiro atoms. The highest BCUT2D eigenvalue weighted by Gasteiger charge is 2.20. The summed E-state index contributed by atoms with van der Waals surface area (Å²) < 4.78 is 10.2. The van der Waals surface area contributed by atoms with Gasteiger partial charge in [0.1, 0.15) is 5.75 Å². The van der Waals surface area contributed by atoms with Gasteiger partial charge in [0.05, 0.1) is 17.7 Å². The van der Waals surface area contributed by atoms with Crippen molar-refractivity contribution in [1.82, 2.24) is 0 Å². The normalized spacial score (nSPS) is 11.4. The number of halogens is 1. The second kappa shape index (κ2) is 7.65. The number of ether oxygens (including phenoxy) is 2. The van der Waals surface area contributed by atoms with Gasteiger partial charge in [-0.05, 0) is 43.3 Å². The second-order valence-corrected chi connectivity index (χ2v) is 5.15. The summed E-state index contributed by atoms with van der Waals surface area (Å²) in [7, 11) is 1.56. The molecule has 0 aliphatic carbocycles. The van der Waals surface area contributed by atoms with Gasteiger partial charge in [-0.1, -0.05) is 23.7 Å². The average molecular weight is 334 g/mol. The van der Waals surface area contributed by atoms with Crippen molar-refractivity contribution < 1.29 is 19.1 Å². The Hall–Kier alpha value is -2.53. The SMILES string of the molecule is COc1ccc(NC(=O)C(C)OC(=O)c2ccccc2Cl)cc1. The Kier molecular flexibility index (Phi) is 5.60. The number of carbonyl (C=O) groups is 2. The van der Waals surface area contributed by atoms with Crippen LogP contribution in [0, 0.1) is 0 Å². The molecule has 0 radical (unpaired) electrons. The largest absolute Gasteiger partial charge is 0.497 e. The van der Waals surface area contributed by atoms with Crippen LogP contribution >= 0.6 is 11.6 Å². The van der Waals surface area contributed by atoms with E-state index >= 15 is 0 Å². The summed E-state index contributed by atoms with van der Waals surface area (Å²) in [5.41, 5.74) is 0.801. The summed E-state index contributed by atoms with van der Waals surface area (Å²) >= 11 is 5.93. The van der Waals surface area contributed by atoms with Crippen LogP contribution in [0.15, 0.2) is 48.5 Å². The van der Waals surface area contributed by atoms with Crippen LogP contribution in [0.1, 0.15) is 17.3 Å². The maximum absolute atomic E-state index is 12.1.